The van der Waals surface area contributed by atoms with Crippen LogP contribution in [0.2, 0.25) is 0 Å². The van der Waals surface area contributed by atoms with Crippen molar-refractivity contribution in [3.63, 3.8) is 0 Å². The van der Waals surface area contributed by atoms with Crippen molar-refractivity contribution in [2.45, 2.75) is 0 Å². The molecular weight excluding hydrogens is 241 g/mol. The van der Waals surface area contributed by atoms with Crippen LogP contribution in [0.1, 0.15) is 10.4 Å². The van der Waals surface area contributed by atoms with E-state index in [1.807, 2.05) is 0 Å². The molecule has 1 heterocycles. The standard InChI is InChI=1S/C11H8FN3O3/c12-6-3-1-5(2-4-6)9-7(11(17)18)8(13)10(16)15-14-9/h1-4H,(H2,13,14)(H,15,16)(H,17,18). The average molecular weight is 249 g/mol. The van der Waals surface area contributed by atoms with E-state index >= 15 is 0 Å². The summed E-state index contributed by atoms with van der Waals surface area (Å²) in [5.41, 5.74) is 4.13. The van der Waals surface area contributed by atoms with Gasteiger partial charge in [-0.15, -0.1) is 0 Å². The maximum absolute atomic E-state index is 12.8. The molecule has 0 amide bonds. The number of aromatic carboxylic acids is 1. The molecule has 2 rings (SSSR count). The molecule has 0 unspecified atom stereocenters. The van der Waals surface area contributed by atoms with E-state index in [9.17, 15) is 14.0 Å². The smallest absolute Gasteiger partial charge is 0.340 e. The maximum Gasteiger partial charge on any atom is 0.340 e. The Labute approximate surface area is 99.9 Å². The largest absolute Gasteiger partial charge is 0.478 e. The fourth-order valence-corrected chi connectivity index (χ4v) is 1.50. The number of carboxylic acids is 1. The van der Waals surface area contributed by atoms with Gasteiger partial charge < -0.3 is 10.8 Å². The van der Waals surface area contributed by atoms with E-state index in [4.69, 9.17) is 10.8 Å². The third-order valence-electron chi connectivity index (χ3n) is 2.35. The first kappa shape index (κ1) is 11.8. The molecule has 1 aromatic carbocycles. The van der Waals surface area contributed by atoms with E-state index in [-0.39, 0.29) is 5.69 Å². The van der Waals surface area contributed by atoms with Gasteiger partial charge in [-0.2, -0.15) is 5.10 Å². The third-order valence-corrected chi connectivity index (χ3v) is 2.35. The van der Waals surface area contributed by atoms with Crippen molar-refractivity contribution < 1.29 is 14.3 Å². The number of aromatic amines is 1. The maximum atomic E-state index is 12.8. The molecule has 0 aliphatic carbocycles. The Hall–Kier alpha value is -2.70. The Morgan fingerprint density at radius 1 is 1.33 bits per heavy atom. The molecule has 1 aromatic heterocycles. The Balaban J connectivity index is 2.72. The van der Waals surface area contributed by atoms with Gasteiger partial charge >= 0.3 is 5.97 Å². The zero-order valence-electron chi connectivity index (χ0n) is 8.98. The molecule has 7 heteroatoms. The summed E-state index contributed by atoms with van der Waals surface area (Å²) in [7, 11) is 0. The highest BCUT2D eigenvalue weighted by Crippen LogP contribution is 2.23. The van der Waals surface area contributed by atoms with Crippen LogP contribution in [0.3, 0.4) is 0 Å². The lowest BCUT2D eigenvalue weighted by molar-refractivity contribution is 0.0698. The van der Waals surface area contributed by atoms with Crippen LogP contribution in [0.4, 0.5) is 10.1 Å². The quantitative estimate of drug-likeness (QED) is 0.731. The van der Waals surface area contributed by atoms with Crippen LogP contribution in [0.15, 0.2) is 29.1 Å². The molecule has 0 saturated carbocycles. The number of rotatable bonds is 2. The van der Waals surface area contributed by atoms with E-state index in [0.717, 1.165) is 12.1 Å². The van der Waals surface area contributed by atoms with Gasteiger partial charge in [0.15, 0.2) is 0 Å². The first-order valence-corrected chi connectivity index (χ1v) is 4.88. The summed E-state index contributed by atoms with van der Waals surface area (Å²) < 4.78 is 12.8. The Kier molecular flexibility index (Phi) is 2.80. The van der Waals surface area contributed by atoms with Crippen LogP contribution < -0.4 is 11.3 Å². The van der Waals surface area contributed by atoms with Crippen molar-refractivity contribution in [1.29, 1.82) is 0 Å². The van der Waals surface area contributed by atoms with Crippen molar-refractivity contribution >= 4 is 11.7 Å². The van der Waals surface area contributed by atoms with Crippen molar-refractivity contribution in [3.8, 4) is 11.3 Å². The van der Waals surface area contributed by atoms with Crippen LogP contribution >= 0.6 is 0 Å². The van der Waals surface area contributed by atoms with Gasteiger partial charge in [-0.3, -0.25) is 4.79 Å². The highest BCUT2D eigenvalue weighted by atomic mass is 19.1. The molecule has 4 N–H and O–H groups in total. The van der Waals surface area contributed by atoms with E-state index < -0.39 is 28.6 Å². The molecule has 0 aliphatic rings. The van der Waals surface area contributed by atoms with Crippen molar-refractivity contribution in [2.24, 2.45) is 0 Å². The lowest BCUT2D eigenvalue weighted by Gasteiger charge is -2.06. The number of anilines is 1. The van der Waals surface area contributed by atoms with Gasteiger partial charge in [0.1, 0.15) is 22.8 Å². The number of benzene rings is 1. The summed E-state index contributed by atoms with van der Waals surface area (Å²) in [6.07, 6.45) is 0. The molecule has 0 aliphatic heterocycles. The summed E-state index contributed by atoms with van der Waals surface area (Å²) in [6, 6.07) is 5.01. The molecule has 92 valence electrons. The number of H-pyrrole nitrogens is 1. The molecule has 18 heavy (non-hydrogen) atoms. The number of nitrogen functional groups attached to an aromatic ring is 1. The summed E-state index contributed by atoms with van der Waals surface area (Å²) in [5, 5.41) is 14.8. The van der Waals surface area contributed by atoms with Crippen molar-refractivity contribution in [2.75, 3.05) is 5.73 Å². The first-order chi connectivity index (χ1) is 8.50. The van der Waals surface area contributed by atoms with Crippen molar-refractivity contribution in [1.82, 2.24) is 10.2 Å². The van der Waals surface area contributed by atoms with Gasteiger partial charge in [0.25, 0.3) is 5.56 Å². The van der Waals surface area contributed by atoms with Crippen LogP contribution in [0.5, 0.6) is 0 Å². The molecular formula is C11H8FN3O3. The third kappa shape index (κ3) is 1.93. The topological polar surface area (TPSA) is 109 Å². The number of nitrogens with two attached hydrogens (primary N) is 1. The molecule has 2 aromatic rings. The average Bonchev–Trinajstić information content (AvgIpc) is 2.33. The Morgan fingerprint density at radius 2 is 1.94 bits per heavy atom. The SMILES string of the molecule is Nc1c(C(=O)O)c(-c2ccc(F)cc2)n[nH]c1=O. The monoisotopic (exact) mass is 249 g/mol. The fraction of sp³-hybridized carbons (Fsp3) is 0. The summed E-state index contributed by atoms with van der Waals surface area (Å²) in [6.45, 7) is 0. The normalized spacial score (nSPS) is 10.3. The lowest BCUT2D eigenvalue weighted by atomic mass is 10.1. The van der Waals surface area contributed by atoms with Gasteiger partial charge in [-0.1, -0.05) is 0 Å². The molecule has 0 bridgehead atoms. The number of carbonyl (C=O) groups is 1. The molecule has 0 fully saturated rings. The second-order valence-electron chi connectivity index (χ2n) is 3.50. The van der Waals surface area contributed by atoms with Crippen LogP contribution in [0.25, 0.3) is 11.3 Å². The van der Waals surface area contributed by atoms with E-state index in [1.165, 1.54) is 12.1 Å². The molecule has 0 saturated heterocycles. The lowest BCUT2D eigenvalue weighted by Crippen LogP contribution is -2.20. The minimum absolute atomic E-state index is 0.0143. The number of nitrogens with zero attached hydrogens (tertiary/aromatic N) is 1. The van der Waals surface area contributed by atoms with Crippen molar-refractivity contribution in [3.05, 3.63) is 46.0 Å². The predicted octanol–water partition coefficient (Wildman–Crippen LogP) is 0.856. The number of aromatic nitrogens is 2. The molecule has 6 nitrogen and oxygen atoms in total. The van der Waals surface area contributed by atoms with Gasteiger partial charge in [0, 0.05) is 5.56 Å². The highest BCUT2D eigenvalue weighted by Gasteiger charge is 2.19. The molecule has 0 spiro atoms. The number of nitrogens with one attached hydrogen (secondary N) is 1. The number of hydrogen-bond donors (Lipinski definition) is 3. The van der Waals surface area contributed by atoms with Crippen LogP contribution in [-0.4, -0.2) is 21.3 Å². The minimum Gasteiger partial charge on any atom is -0.478 e. The number of carboxylic acid groups (broad SMARTS) is 1. The second-order valence-corrected chi connectivity index (χ2v) is 3.50. The van der Waals surface area contributed by atoms with Gasteiger partial charge in [-0.25, -0.2) is 14.3 Å². The minimum atomic E-state index is -1.37. The summed E-state index contributed by atoms with van der Waals surface area (Å²) >= 11 is 0. The van der Waals surface area contributed by atoms with Crippen LogP contribution in [0, 0.1) is 5.82 Å². The Morgan fingerprint density at radius 3 is 2.50 bits per heavy atom. The summed E-state index contributed by atoms with van der Waals surface area (Å²) in [4.78, 5) is 22.3. The van der Waals surface area contributed by atoms with E-state index in [0.29, 0.717) is 5.56 Å². The Bertz CT molecular complexity index is 664. The predicted molar refractivity (Wildman–Crippen MR) is 61.6 cm³/mol. The number of halogens is 1. The van der Waals surface area contributed by atoms with Gasteiger partial charge in [-0.05, 0) is 24.3 Å². The molecule has 0 radical (unpaired) electrons. The zero-order valence-corrected chi connectivity index (χ0v) is 8.98. The van der Waals surface area contributed by atoms with Crippen LogP contribution in [-0.2, 0) is 0 Å². The second kappa shape index (κ2) is 4.28. The highest BCUT2D eigenvalue weighted by molar-refractivity contribution is 5.99. The zero-order chi connectivity index (χ0) is 13.3. The number of hydrogen-bond acceptors (Lipinski definition) is 4. The summed E-state index contributed by atoms with van der Waals surface area (Å²) in [5.74, 6) is -1.83. The van der Waals surface area contributed by atoms with E-state index in [2.05, 4.69) is 10.2 Å². The fourth-order valence-electron chi connectivity index (χ4n) is 1.50. The van der Waals surface area contributed by atoms with Gasteiger partial charge in [0.2, 0.25) is 0 Å². The first-order valence-electron chi connectivity index (χ1n) is 4.88. The van der Waals surface area contributed by atoms with E-state index in [1.54, 1.807) is 0 Å². The van der Waals surface area contributed by atoms with Gasteiger partial charge in [0.05, 0.1) is 0 Å². The molecule has 0 atom stereocenters.